The lowest BCUT2D eigenvalue weighted by atomic mass is 10.1. The molecule has 1 aliphatic carbocycles. The summed E-state index contributed by atoms with van der Waals surface area (Å²) in [4.78, 5) is 11.7. The van der Waals surface area contributed by atoms with Crippen LogP contribution in [0.2, 0.25) is 0 Å². The Kier molecular flexibility index (Phi) is 4.79. The number of methoxy groups -OCH3 is 1. The van der Waals surface area contributed by atoms with Gasteiger partial charge in [0.05, 0.1) is 12.0 Å². The van der Waals surface area contributed by atoms with Crippen molar-refractivity contribution in [1.82, 2.24) is 4.72 Å². The van der Waals surface area contributed by atoms with Crippen LogP contribution >= 0.6 is 11.3 Å². The highest BCUT2D eigenvalue weighted by atomic mass is 32.2. The van der Waals surface area contributed by atoms with E-state index in [1.165, 1.54) is 18.6 Å². The zero-order chi connectivity index (χ0) is 14.8. The lowest BCUT2D eigenvalue weighted by Gasteiger charge is -2.18. The summed E-state index contributed by atoms with van der Waals surface area (Å²) in [5.41, 5.74) is 5.65. The van der Waals surface area contributed by atoms with Crippen LogP contribution in [0.25, 0.3) is 0 Å². The van der Waals surface area contributed by atoms with Gasteiger partial charge in [0.25, 0.3) is 0 Å². The van der Waals surface area contributed by atoms with Gasteiger partial charge in [0.1, 0.15) is 4.88 Å². The van der Waals surface area contributed by atoms with Gasteiger partial charge in [0.2, 0.25) is 10.0 Å². The topological polar surface area (TPSA) is 98.5 Å². The van der Waals surface area contributed by atoms with E-state index in [1.54, 1.807) is 0 Å². The SMILES string of the molecule is COC(=O)c1cc(S(=O)(=O)NC2CCCC2CN)cs1. The minimum Gasteiger partial charge on any atom is -0.465 e. The van der Waals surface area contributed by atoms with Crippen LogP contribution in [0.5, 0.6) is 0 Å². The highest BCUT2D eigenvalue weighted by molar-refractivity contribution is 7.89. The van der Waals surface area contributed by atoms with Crippen LogP contribution in [-0.2, 0) is 14.8 Å². The number of nitrogens with one attached hydrogen (secondary N) is 1. The maximum atomic E-state index is 12.3. The Labute approximate surface area is 122 Å². The summed E-state index contributed by atoms with van der Waals surface area (Å²) in [6.07, 6.45) is 2.72. The summed E-state index contributed by atoms with van der Waals surface area (Å²) in [6.45, 7) is 0.476. The molecule has 3 N–H and O–H groups in total. The predicted molar refractivity (Wildman–Crippen MR) is 76.2 cm³/mol. The van der Waals surface area contributed by atoms with Gasteiger partial charge in [-0.3, -0.25) is 0 Å². The van der Waals surface area contributed by atoms with E-state index in [2.05, 4.69) is 9.46 Å². The van der Waals surface area contributed by atoms with Crippen molar-refractivity contribution < 1.29 is 17.9 Å². The third kappa shape index (κ3) is 3.20. The summed E-state index contributed by atoms with van der Waals surface area (Å²) >= 11 is 1.06. The molecule has 0 bridgehead atoms. The Hall–Kier alpha value is -0.960. The average molecular weight is 318 g/mol. The van der Waals surface area contributed by atoms with Gasteiger partial charge in [-0.2, -0.15) is 0 Å². The van der Waals surface area contributed by atoms with Gasteiger partial charge in [-0.1, -0.05) is 6.42 Å². The summed E-state index contributed by atoms with van der Waals surface area (Å²) in [5.74, 6) is -0.347. The molecule has 0 aliphatic heterocycles. The van der Waals surface area contributed by atoms with Crippen LogP contribution in [-0.4, -0.2) is 34.1 Å². The van der Waals surface area contributed by atoms with E-state index in [0.717, 1.165) is 30.6 Å². The minimum absolute atomic E-state index is 0.102. The Morgan fingerprint density at radius 2 is 2.30 bits per heavy atom. The maximum absolute atomic E-state index is 12.3. The van der Waals surface area contributed by atoms with E-state index >= 15 is 0 Å². The standard InChI is InChI=1S/C12H18N2O4S2/c1-18-12(15)11-5-9(7-19-11)20(16,17)14-10-4-2-3-8(10)6-13/h5,7-8,10,14H,2-4,6,13H2,1H3. The number of esters is 1. The number of nitrogens with two attached hydrogens (primary N) is 1. The van der Waals surface area contributed by atoms with Crippen molar-refractivity contribution in [3.63, 3.8) is 0 Å². The molecule has 1 aliphatic rings. The number of thiophene rings is 1. The van der Waals surface area contributed by atoms with Gasteiger partial charge in [-0.25, -0.2) is 17.9 Å². The van der Waals surface area contributed by atoms with Crippen molar-refractivity contribution in [1.29, 1.82) is 0 Å². The fraction of sp³-hybridized carbons (Fsp3) is 0.583. The van der Waals surface area contributed by atoms with Crippen LogP contribution < -0.4 is 10.5 Å². The first-order valence-electron chi connectivity index (χ1n) is 6.37. The lowest BCUT2D eigenvalue weighted by Crippen LogP contribution is -2.39. The average Bonchev–Trinajstić information content (AvgIpc) is 3.06. The first-order valence-corrected chi connectivity index (χ1v) is 8.73. The maximum Gasteiger partial charge on any atom is 0.348 e. The monoisotopic (exact) mass is 318 g/mol. The van der Waals surface area contributed by atoms with Crippen molar-refractivity contribution in [3.8, 4) is 0 Å². The second-order valence-corrected chi connectivity index (χ2v) is 7.42. The highest BCUT2D eigenvalue weighted by Gasteiger charge is 2.31. The molecule has 2 rings (SSSR count). The molecule has 0 saturated heterocycles. The molecule has 0 aromatic carbocycles. The Balaban J connectivity index is 2.14. The van der Waals surface area contributed by atoms with Crippen molar-refractivity contribution in [2.45, 2.75) is 30.2 Å². The number of rotatable bonds is 5. The number of carbonyl (C=O) groups is 1. The van der Waals surface area contributed by atoms with Crippen molar-refractivity contribution in [2.75, 3.05) is 13.7 Å². The van der Waals surface area contributed by atoms with Crippen molar-refractivity contribution >= 4 is 27.3 Å². The first-order chi connectivity index (χ1) is 9.47. The molecule has 0 amide bonds. The number of sulfonamides is 1. The molecule has 1 saturated carbocycles. The fourth-order valence-corrected chi connectivity index (χ4v) is 4.94. The van der Waals surface area contributed by atoms with E-state index < -0.39 is 16.0 Å². The summed E-state index contributed by atoms with van der Waals surface area (Å²) < 4.78 is 31.8. The van der Waals surface area contributed by atoms with Crippen molar-refractivity contribution in [2.24, 2.45) is 11.7 Å². The van der Waals surface area contributed by atoms with Gasteiger partial charge < -0.3 is 10.5 Å². The Morgan fingerprint density at radius 1 is 1.55 bits per heavy atom. The molecule has 1 aromatic rings. The van der Waals surface area contributed by atoms with Crippen LogP contribution in [0.15, 0.2) is 16.3 Å². The zero-order valence-electron chi connectivity index (χ0n) is 11.2. The third-order valence-corrected chi connectivity index (χ3v) is 6.07. The number of hydrogen-bond donors (Lipinski definition) is 2. The second kappa shape index (κ2) is 6.21. The molecular weight excluding hydrogens is 300 g/mol. The molecule has 112 valence electrons. The summed E-state index contributed by atoms with van der Waals surface area (Å²) in [5, 5.41) is 1.45. The number of hydrogen-bond acceptors (Lipinski definition) is 6. The molecule has 2 unspecified atom stereocenters. The van der Waals surface area contributed by atoms with E-state index in [0.29, 0.717) is 6.54 Å². The molecule has 20 heavy (non-hydrogen) atoms. The van der Waals surface area contributed by atoms with Gasteiger partial charge in [0.15, 0.2) is 0 Å². The normalized spacial score (nSPS) is 22.9. The van der Waals surface area contributed by atoms with Gasteiger partial charge in [-0.15, -0.1) is 11.3 Å². The van der Waals surface area contributed by atoms with Crippen LogP contribution in [0, 0.1) is 5.92 Å². The lowest BCUT2D eigenvalue weighted by molar-refractivity contribution is 0.0606. The van der Waals surface area contributed by atoms with E-state index in [1.807, 2.05) is 0 Å². The van der Waals surface area contributed by atoms with Gasteiger partial charge >= 0.3 is 5.97 Å². The number of carbonyl (C=O) groups excluding carboxylic acids is 1. The second-order valence-electron chi connectivity index (χ2n) is 4.79. The highest BCUT2D eigenvalue weighted by Crippen LogP contribution is 2.27. The van der Waals surface area contributed by atoms with Crippen molar-refractivity contribution in [3.05, 3.63) is 16.3 Å². The molecular formula is C12H18N2O4S2. The number of ether oxygens (including phenoxy) is 1. The van der Waals surface area contributed by atoms with Crippen LogP contribution in [0.4, 0.5) is 0 Å². The largest absolute Gasteiger partial charge is 0.465 e. The van der Waals surface area contributed by atoms with Crippen LogP contribution in [0.1, 0.15) is 28.9 Å². The van der Waals surface area contributed by atoms with Gasteiger partial charge in [-0.05, 0) is 31.4 Å². The van der Waals surface area contributed by atoms with E-state index in [4.69, 9.17) is 5.73 Å². The molecule has 0 radical (unpaired) electrons. The predicted octanol–water partition coefficient (Wildman–Crippen LogP) is 0.940. The first kappa shape index (κ1) is 15.4. The zero-order valence-corrected chi connectivity index (χ0v) is 12.8. The summed E-state index contributed by atoms with van der Waals surface area (Å²) in [6, 6.07) is 1.22. The summed E-state index contributed by atoms with van der Waals surface area (Å²) in [7, 11) is -2.35. The molecule has 2 atom stereocenters. The quantitative estimate of drug-likeness (QED) is 0.787. The molecule has 0 spiro atoms. The Bertz CT molecular complexity index is 582. The molecule has 6 nitrogen and oxygen atoms in total. The fourth-order valence-electron chi connectivity index (χ4n) is 2.41. The smallest absolute Gasteiger partial charge is 0.348 e. The van der Waals surface area contributed by atoms with Crippen LogP contribution in [0.3, 0.4) is 0 Å². The van der Waals surface area contributed by atoms with E-state index in [9.17, 15) is 13.2 Å². The molecule has 8 heteroatoms. The van der Waals surface area contributed by atoms with E-state index in [-0.39, 0.29) is 21.7 Å². The Morgan fingerprint density at radius 3 is 2.95 bits per heavy atom. The van der Waals surface area contributed by atoms with Gasteiger partial charge in [0, 0.05) is 11.4 Å². The molecule has 1 heterocycles. The minimum atomic E-state index is -3.61. The molecule has 1 aromatic heterocycles. The molecule has 1 fully saturated rings. The third-order valence-electron chi connectivity index (χ3n) is 3.54.